The maximum absolute atomic E-state index is 13.7. The zero-order valence-corrected chi connectivity index (χ0v) is 15.4. The monoisotopic (exact) mass is 384 g/mol. The Bertz CT molecular complexity index is 925. The van der Waals surface area contributed by atoms with Gasteiger partial charge in [-0.3, -0.25) is 19.3 Å². The Labute approximate surface area is 160 Å². The smallest absolute Gasteiger partial charge is 0.293 e. The van der Waals surface area contributed by atoms with Gasteiger partial charge in [0, 0.05) is 24.2 Å². The topological polar surface area (TPSA) is 66.5 Å². The molecule has 1 aliphatic heterocycles. The summed E-state index contributed by atoms with van der Waals surface area (Å²) in [6.45, 7) is 2.12. The quantitative estimate of drug-likeness (QED) is 0.800. The average Bonchev–Trinajstić information content (AvgIpc) is 2.91. The van der Waals surface area contributed by atoms with Crippen molar-refractivity contribution in [3.8, 4) is 0 Å². The van der Waals surface area contributed by atoms with Gasteiger partial charge in [0.2, 0.25) is 0 Å². The predicted octanol–water partition coefficient (Wildman–Crippen LogP) is 3.60. The second-order valence-electron chi connectivity index (χ2n) is 5.98. The van der Waals surface area contributed by atoms with Gasteiger partial charge in [0.1, 0.15) is 5.82 Å². The number of benzene rings is 2. The number of hydrogen-bond acceptors (Lipinski definition) is 4. The number of carbonyl (C=O) groups excluding carboxylic acids is 3. The third-order valence-corrected chi connectivity index (χ3v) is 4.91. The fourth-order valence-corrected chi connectivity index (χ4v) is 3.37. The Morgan fingerprint density at radius 1 is 1.15 bits per heavy atom. The molecule has 2 aromatic carbocycles. The van der Waals surface area contributed by atoms with E-state index >= 15 is 0 Å². The first kappa shape index (κ1) is 18.8. The summed E-state index contributed by atoms with van der Waals surface area (Å²) >= 11 is 0.761. The van der Waals surface area contributed by atoms with E-state index in [0.29, 0.717) is 5.56 Å². The van der Waals surface area contributed by atoms with E-state index in [1.807, 2.05) is 19.1 Å². The van der Waals surface area contributed by atoms with Crippen molar-refractivity contribution in [2.24, 2.45) is 0 Å². The molecule has 3 amide bonds. The minimum absolute atomic E-state index is 0.0525. The molecule has 1 saturated heterocycles. The Hall–Kier alpha value is -2.93. The Morgan fingerprint density at radius 2 is 1.85 bits per heavy atom. The van der Waals surface area contributed by atoms with Crippen LogP contribution in [0.5, 0.6) is 0 Å². The van der Waals surface area contributed by atoms with E-state index in [9.17, 15) is 18.8 Å². The maximum atomic E-state index is 13.7. The van der Waals surface area contributed by atoms with Crippen LogP contribution in [0.2, 0.25) is 0 Å². The van der Waals surface area contributed by atoms with Crippen LogP contribution in [0.3, 0.4) is 0 Å². The van der Waals surface area contributed by atoms with Crippen LogP contribution >= 0.6 is 11.8 Å². The van der Waals surface area contributed by atoms with E-state index in [4.69, 9.17) is 0 Å². The molecule has 2 aromatic rings. The molecule has 1 fully saturated rings. The SMILES string of the molecule is Cc1ccc(C(=O)NCCN2C(=O)S/C(=C\c3ccccc3F)C2=O)cc1. The molecule has 1 aliphatic rings. The highest BCUT2D eigenvalue weighted by molar-refractivity contribution is 8.18. The van der Waals surface area contributed by atoms with E-state index in [1.54, 1.807) is 24.3 Å². The molecule has 3 rings (SSSR count). The van der Waals surface area contributed by atoms with Crippen LogP contribution in [0.4, 0.5) is 9.18 Å². The van der Waals surface area contributed by atoms with Crippen molar-refractivity contribution in [2.45, 2.75) is 6.92 Å². The van der Waals surface area contributed by atoms with Crippen molar-refractivity contribution in [3.63, 3.8) is 0 Å². The molecule has 0 unspecified atom stereocenters. The maximum Gasteiger partial charge on any atom is 0.293 e. The summed E-state index contributed by atoms with van der Waals surface area (Å²) in [5.74, 6) is -1.23. The number of imide groups is 1. The molecular formula is C20H17FN2O3S. The van der Waals surface area contributed by atoms with Crippen molar-refractivity contribution in [1.29, 1.82) is 0 Å². The lowest BCUT2D eigenvalue weighted by atomic mass is 10.1. The third kappa shape index (κ3) is 4.43. The van der Waals surface area contributed by atoms with Gasteiger partial charge < -0.3 is 5.32 Å². The summed E-state index contributed by atoms with van der Waals surface area (Å²) in [5, 5.41) is 2.25. The number of nitrogens with one attached hydrogen (secondary N) is 1. The molecule has 0 atom stereocenters. The van der Waals surface area contributed by atoms with Gasteiger partial charge >= 0.3 is 0 Å². The minimum atomic E-state index is -0.488. The van der Waals surface area contributed by atoms with E-state index in [1.165, 1.54) is 18.2 Å². The van der Waals surface area contributed by atoms with E-state index in [0.717, 1.165) is 22.2 Å². The first-order valence-corrected chi connectivity index (χ1v) is 9.12. The molecule has 0 aliphatic carbocycles. The molecule has 1 N–H and O–H groups in total. The van der Waals surface area contributed by atoms with Crippen LogP contribution < -0.4 is 5.32 Å². The summed E-state index contributed by atoms with van der Waals surface area (Å²) < 4.78 is 13.7. The molecule has 27 heavy (non-hydrogen) atoms. The number of rotatable bonds is 5. The van der Waals surface area contributed by atoms with Gasteiger partial charge in [-0.25, -0.2) is 4.39 Å². The lowest BCUT2D eigenvalue weighted by Gasteiger charge is -2.13. The van der Waals surface area contributed by atoms with Crippen molar-refractivity contribution in [3.05, 3.63) is 75.9 Å². The number of aryl methyl sites for hydroxylation is 1. The van der Waals surface area contributed by atoms with Gasteiger partial charge in [0.05, 0.1) is 4.91 Å². The third-order valence-electron chi connectivity index (χ3n) is 4.00. The number of amides is 3. The Morgan fingerprint density at radius 3 is 2.56 bits per heavy atom. The van der Waals surface area contributed by atoms with E-state index in [-0.39, 0.29) is 29.5 Å². The molecule has 138 valence electrons. The first-order valence-electron chi connectivity index (χ1n) is 8.30. The largest absolute Gasteiger partial charge is 0.350 e. The van der Waals surface area contributed by atoms with Gasteiger partial charge in [0.15, 0.2) is 0 Å². The number of thioether (sulfide) groups is 1. The molecule has 0 radical (unpaired) electrons. The van der Waals surface area contributed by atoms with E-state index in [2.05, 4.69) is 5.32 Å². The van der Waals surface area contributed by atoms with Crippen LogP contribution in [0.25, 0.3) is 6.08 Å². The molecule has 0 saturated carbocycles. The van der Waals surface area contributed by atoms with Crippen LogP contribution in [0.15, 0.2) is 53.4 Å². The van der Waals surface area contributed by atoms with Crippen LogP contribution in [0, 0.1) is 12.7 Å². The molecule has 0 spiro atoms. The van der Waals surface area contributed by atoms with Gasteiger partial charge in [-0.15, -0.1) is 0 Å². The van der Waals surface area contributed by atoms with Crippen LogP contribution in [0.1, 0.15) is 21.5 Å². The lowest BCUT2D eigenvalue weighted by Crippen LogP contribution is -2.37. The first-order chi connectivity index (χ1) is 13.0. The second kappa shape index (κ2) is 8.18. The lowest BCUT2D eigenvalue weighted by molar-refractivity contribution is -0.122. The van der Waals surface area contributed by atoms with Crippen molar-refractivity contribution < 1.29 is 18.8 Å². The fraction of sp³-hybridized carbons (Fsp3) is 0.150. The van der Waals surface area contributed by atoms with E-state index < -0.39 is 17.0 Å². The zero-order chi connectivity index (χ0) is 19.4. The molecule has 0 aromatic heterocycles. The molecule has 5 nitrogen and oxygen atoms in total. The molecular weight excluding hydrogens is 367 g/mol. The Balaban J connectivity index is 1.60. The number of carbonyl (C=O) groups is 3. The van der Waals surface area contributed by atoms with Crippen LogP contribution in [-0.2, 0) is 4.79 Å². The van der Waals surface area contributed by atoms with Crippen molar-refractivity contribution >= 4 is 34.9 Å². The molecule has 7 heteroatoms. The fourth-order valence-electron chi connectivity index (χ4n) is 2.51. The summed E-state index contributed by atoms with van der Waals surface area (Å²) in [6.07, 6.45) is 1.37. The second-order valence-corrected chi connectivity index (χ2v) is 6.97. The highest BCUT2D eigenvalue weighted by Crippen LogP contribution is 2.32. The van der Waals surface area contributed by atoms with Gasteiger partial charge in [-0.2, -0.15) is 0 Å². The summed E-state index contributed by atoms with van der Waals surface area (Å²) in [5.41, 5.74) is 1.80. The molecule has 0 bridgehead atoms. The van der Waals surface area contributed by atoms with Crippen molar-refractivity contribution in [2.75, 3.05) is 13.1 Å². The summed E-state index contributed by atoms with van der Waals surface area (Å²) in [4.78, 5) is 37.8. The number of hydrogen-bond donors (Lipinski definition) is 1. The summed E-state index contributed by atoms with van der Waals surface area (Å²) in [6, 6.07) is 13.1. The zero-order valence-electron chi connectivity index (χ0n) is 14.6. The highest BCUT2D eigenvalue weighted by atomic mass is 32.2. The Kier molecular flexibility index (Phi) is 5.71. The van der Waals surface area contributed by atoms with Crippen LogP contribution in [-0.4, -0.2) is 35.0 Å². The highest BCUT2D eigenvalue weighted by Gasteiger charge is 2.34. The van der Waals surface area contributed by atoms with Crippen molar-refractivity contribution in [1.82, 2.24) is 10.2 Å². The predicted molar refractivity (Wildman–Crippen MR) is 103 cm³/mol. The molecule has 1 heterocycles. The summed E-state index contributed by atoms with van der Waals surface area (Å²) in [7, 11) is 0. The number of nitrogens with zero attached hydrogens (tertiary/aromatic N) is 1. The standard InChI is InChI=1S/C20H17FN2O3S/c1-13-6-8-14(9-7-13)18(24)22-10-11-23-19(25)17(27-20(23)26)12-15-4-2-3-5-16(15)21/h2-9,12H,10-11H2,1H3,(H,22,24)/b17-12-. The number of halogens is 1. The van der Waals surface area contributed by atoms with Gasteiger partial charge in [0.25, 0.3) is 17.1 Å². The average molecular weight is 384 g/mol. The normalized spacial score (nSPS) is 15.5. The van der Waals surface area contributed by atoms with Gasteiger partial charge in [-0.1, -0.05) is 35.9 Å². The van der Waals surface area contributed by atoms with Gasteiger partial charge in [-0.05, 0) is 43.0 Å². The minimum Gasteiger partial charge on any atom is -0.350 e.